The zero-order chi connectivity index (χ0) is 25.1. The number of nitro groups is 1. The van der Waals surface area contributed by atoms with Crippen molar-refractivity contribution in [1.82, 2.24) is 4.90 Å². The first-order chi connectivity index (χ1) is 17.4. The topological polar surface area (TPSA) is 101 Å². The number of hydrogen-bond acceptors (Lipinski definition) is 6. The Labute approximate surface area is 204 Å². The predicted molar refractivity (Wildman–Crippen MR) is 127 cm³/mol. The molecule has 2 fully saturated rings. The van der Waals surface area contributed by atoms with Gasteiger partial charge in [0.1, 0.15) is 11.9 Å². The molecule has 2 amide bonds. The third kappa shape index (κ3) is 3.02. The Hall–Kier alpha value is -4.66. The average molecular weight is 483 g/mol. The summed E-state index contributed by atoms with van der Waals surface area (Å²) in [6.07, 6.45) is 3.50. The summed E-state index contributed by atoms with van der Waals surface area (Å²) in [5, 5.41) is 11.3. The zero-order valence-electron chi connectivity index (χ0n) is 18.7. The number of amides is 2. The predicted octanol–water partition coefficient (Wildman–Crippen LogP) is 4.13. The second-order valence-electron chi connectivity index (χ2n) is 8.97. The van der Waals surface area contributed by atoms with E-state index in [1.165, 1.54) is 48.5 Å². The second kappa shape index (κ2) is 7.94. The van der Waals surface area contributed by atoms with Gasteiger partial charge >= 0.3 is 0 Å². The number of Topliss-reactive ketones (excluding diaryl/α,β-unsaturated/α-hetero) is 1. The molecule has 2 saturated heterocycles. The molecule has 6 rings (SSSR count). The average Bonchev–Trinajstić information content (AvgIpc) is 3.36. The quantitative estimate of drug-likeness (QED) is 0.239. The van der Waals surface area contributed by atoms with E-state index in [2.05, 4.69) is 0 Å². The van der Waals surface area contributed by atoms with Gasteiger partial charge in [0.15, 0.2) is 5.78 Å². The lowest BCUT2D eigenvalue weighted by atomic mass is 9.83. The highest BCUT2D eigenvalue weighted by molar-refractivity contribution is 6.24. The van der Waals surface area contributed by atoms with Gasteiger partial charge in [-0.25, -0.2) is 9.29 Å². The first-order valence-electron chi connectivity index (χ1n) is 11.3. The van der Waals surface area contributed by atoms with Gasteiger partial charge in [-0.3, -0.25) is 24.5 Å². The van der Waals surface area contributed by atoms with Gasteiger partial charge in [0, 0.05) is 23.9 Å². The summed E-state index contributed by atoms with van der Waals surface area (Å²) in [5.41, 5.74) is 1.28. The molecule has 0 aromatic heterocycles. The smallest absolute Gasteiger partial charge is 0.270 e. The summed E-state index contributed by atoms with van der Waals surface area (Å²) in [7, 11) is 0. The summed E-state index contributed by atoms with van der Waals surface area (Å²) in [6, 6.07) is 16.5. The van der Waals surface area contributed by atoms with Gasteiger partial charge in [-0.05, 0) is 29.3 Å². The number of hydrogen-bond donors (Lipinski definition) is 0. The van der Waals surface area contributed by atoms with E-state index in [1.807, 2.05) is 30.3 Å². The number of para-hydroxylation sites is 1. The molecule has 0 aliphatic carbocycles. The van der Waals surface area contributed by atoms with Crippen LogP contribution in [0.15, 0.2) is 79.0 Å². The molecular weight excluding hydrogens is 465 g/mol. The van der Waals surface area contributed by atoms with Gasteiger partial charge in [0.25, 0.3) is 5.69 Å². The minimum atomic E-state index is -1.10. The third-order valence-corrected chi connectivity index (χ3v) is 7.17. The second-order valence-corrected chi connectivity index (χ2v) is 8.97. The number of carbonyl (C=O) groups excluding carboxylic acids is 3. The van der Waals surface area contributed by atoms with E-state index in [1.54, 1.807) is 11.1 Å². The lowest BCUT2D eigenvalue weighted by Gasteiger charge is -2.35. The fourth-order valence-electron chi connectivity index (χ4n) is 5.67. The van der Waals surface area contributed by atoms with Crippen LogP contribution >= 0.6 is 0 Å². The Kier molecular flexibility index (Phi) is 4.82. The Morgan fingerprint density at radius 2 is 1.64 bits per heavy atom. The molecule has 9 heteroatoms. The maximum absolute atomic E-state index is 14.7. The number of non-ortho nitro benzene ring substituents is 1. The van der Waals surface area contributed by atoms with E-state index in [-0.39, 0.29) is 16.9 Å². The number of ketones is 1. The Morgan fingerprint density at radius 1 is 0.917 bits per heavy atom. The molecule has 0 radical (unpaired) electrons. The fourth-order valence-corrected chi connectivity index (χ4v) is 5.67. The van der Waals surface area contributed by atoms with Crippen LogP contribution in [0.25, 0.3) is 6.08 Å². The number of fused-ring (bicyclic) bond motifs is 5. The lowest BCUT2D eigenvalue weighted by molar-refractivity contribution is -0.384. The number of imide groups is 1. The molecule has 0 saturated carbocycles. The van der Waals surface area contributed by atoms with Crippen LogP contribution in [0.4, 0.5) is 15.8 Å². The van der Waals surface area contributed by atoms with Crippen molar-refractivity contribution < 1.29 is 23.7 Å². The largest absolute Gasteiger partial charge is 0.358 e. The molecule has 36 heavy (non-hydrogen) atoms. The monoisotopic (exact) mass is 483 g/mol. The highest BCUT2D eigenvalue weighted by atomic mass is 19.1. The van der Waals surface area contributed by atoms with Crippen LogP contribution in [0, 0.1) is 27.8 Å². The summed E-state index contributed by atoms with van der Waals surface area (Å²) >= 11 is 0. The summed E-state index contributed by atoms with van der Waals surface area (Å²) in [6.45, 7) is 0. The number of halogens is 1. The first-order valence-corrected chi connectivity index (χ1v) is 11.3. The molecular formula is C27H18FN3O5. The standard InChI is InChI=1S/C27H18FN3O5/c28-19-10-3-4-11-20(19)30-26(33)21-22(27(30)34)24(25(32)16-7-5-8-17(14-16)31(35)36)29-13-12-15-6-1-2-9-18(15)23(21)29/h1-14,21-24H/t21-,22+,23-,24-/m0/s1. The van der Waals surface area contributed by atoms with Gasteiger partial charge in [0.2, 0.25) is 11.8 Å². The van der Waals surface area contributed by atoms with E-state index in [0.717, 1.165) is 16.0 Å². The van der Waals surface area contributed by atoms with Crippen LogP contribution < -0.4 is 4.90 Å². The molecule has 0 N–H and O–H groups in total. The van der Waals surface area contributed by atoms with Crippen molar-refractivity contribution in [2.45, 2.75) is 12.1 Å². The summed E-state index contributed by atoms with van der Waals surface area (Å²) < 4.78 is 14.7. The van der Waals surface area contributed by atoms with Crippen molar-refractivity contribution >= 4 is 35.0 Å². The molecule has 3 aromatic rings. The normalized spacial score (nSPS) is 23.9. The van der Waals surface area contributed by atoms with Gasteiger partial charge < -0.3 is 4.90 Å². The lowest BCUT2D eigenvalue weighted by Crippen LogP contribution is -2.44. The maximum Gasteiger partial charge on any atom is 0.270 e. The molecule has 8 nitrogen and oxygen atoms in total. The number of benzene rings is 3. The Morgan fingerprint density at radius 3 is 2.42 bits per heavy atom. The van der Waals surface area contributed by atoms with E-state index >= 15 is 0 Å². The molecule has 178 valence electrons. The number of nitrogens with zero attached hydrogens (tertiary/aromatic N) is 3. The van der Waals surface area contributed by atoms with Crippen LogP contribution in [0.2, 0.25) is 0 Å². The van der Waals surface area contributed by atoms with Crippen molar-refractivity contribution in [2.24, 2.45) is 11.8 Å². The highest BCUT2D eigenvalue weighted by Gasteiger charge is 2.64. The molecule has 0 spiro atoms. The zero-order valence-corrected chi connectivity index (χ0v) is 18.7. The number of anilines is 1. The Balaban J connectivity index is 1.51. The van der Waals surface area contributed by atoms with Gasteiger partial charge in [-0.1, -0.05) is 48.5 Å². The van der Waals surface area contributed by atoms with Gasteiger partial charge in [-0.15, -0.1) is 0 Å². The summed E-state index contributed by atoms with van der Waals surface area (Å²) in [4.78, 5) is 54.6. The van der Waals surface area contributed by atoms with Crippen molar-refractivity contribution in [3.63, 3.8) is 0 Å². The van der Waals surface area contributed by atoms with Crippen molar-refractivity contribution in [1.29, 1.82) is 0 Å². The fraction of sp³-hybridized carbons (Fsp3) is 0.148. The van der Waals surface area contributed by atoms with Crippen LogP contribution in [-0.4, -0.2) is 33.5 Å². The summed E-state index contributed by atoms with van der Waals surface area (Å²) in [5.74, 6) is -4.51. The minimum absolute atomic E-state index is 0.0606. The third-order valence-electron chi connectivity index (χ3n) is 7.17. The SMILES string of the molecule is O=C(c1cccc([N+](=O)[O-])c1)[C@@H]1[C@@H]2C(=O)N(c3ccccc3F)C(=O)[C@@H]2[C@@H]2c3ccccc3C=CN12. The molecule has 0 bridgehead atoms. The van der Waals surface area contributed by atoms with Crippen LogP contribution in [0.5, 0.6) is 0 Å². The number of rotatable bonds is 4. The van der Waals surface area contributed by atoms with Gasteiger partial charge in [0.05, 0.1) is 28.5 Å². The maximum atomic E-state index is 14.7. The van der Waals surface area contributed by atoms with Crippen LogP contribution in [0.1, 0.15) is 27.5 Å². The van der Waals surface area contributed by atoms with Crippen LogP contribution in [0.3, 0.4) is 0 Å². The van der Waals surface area contributed by atoms with E-state index in [4.69, 9.17) is 0 Å². The Bertz CT molecular complexity index is 1500. The van der Waals surface area contributed by atoms with Crippen molar-refractivity contribution in [2.75, 3.05) is 4.90 Å². The molecule has 0 unspecified atom stereocenters. The molecule has 4 atom stereocenters. The number of nitro benzene ring substituents is 1. The molecule has 3 aliphatic heterocycles. The highest BCUT2D eigenvalue weighted by Crippen LogP contribution is 2.53. The minimum Gasteiger partial charge on any atom is -0.358 e. The van der Waals surface area contributed by atoms with E-state index < -0.39 is 52.3 Å². The molecule has 3 aromatic carbocycles. The van der Waals surface area contributed by atoms with Crippen LogP contribution in [-0.2, 0) is 9.59 Å². The van der Waals surface area contributed by atoms with Gasteiger partial charge in [-0.2, -0.15) is 0 Å². The van der Waals surface area contributed by atoms with E-state index in [9.17, 15) is 28.9 Å². The van der Waals surface area contributed by atoms with Crippen molar-refractivity contribution in [3.05, 3.63) is 112 Å². The van der Waals surface area contributed by atoms with Crippen molar-refractivity contribution in [3.8, 4) is 0 Å². The first kappa shape index (κ1) is 21.8. The number of carbonyl (C=O) groups is 3. The van der Waals surface area contributed by atoms with E-state index in [0.29, 0.717) is 0 Å². The molecule has 3 heterocycles. The molecule has 3 aliphatic rings.